The zero-order valence-electron chi connectivity index (χ0n) is 33.9. The van der Waals surface area contributed by atoms with Gasteiger partial charge in [-0.25, -0.2) is 0 Å². The maximum atomic E-state index is 2.52. The molecule has 0 atom stereocenters. The molecule has 2 heterocycles. The summed E-state index contributed by atoms with van der Waals surface area (Å²) in [6.07, 6.45) is 0. The van der Waals surface area contributed by atoms with Crippen molar-refractivity contribution in [1.82, 2.24) is 4.40 Å². The fourth-order valence-corrected chi connectivity index (χ4v) is 9.61. The molecule has 2 aromatic heterocycles. The standard InChI is InChI=1S/C58H40N4/c1-7-20-41(21-8-1)59(42-22-9-2-10-23-42)47-34-36-55-51(38-47)53-40-48(60(43-24-11-3-12-25-43)44-26-13-4-14-27-44)39-52-49-35-37-54(50-32-19-33-56(57(49)50)62(55)58(52)53)61(45-28-15-5-16-29-45)46-30-17-6-18-31-46/h1-40H. The Morgan fingerprint density at radius 3 is 1.15 bits per heavy atom. The summed E-state index contributed by atoms with van der Waals surface area (Å²) >= 11 is 0. The van der Waals surface area contributed by atoms with E-state index in [0.717, 1.165) is 51.2 Å². The first kappa shape index (κ1) is 35.6. The van der Waals surface area contributed by atoms with Crippen molar-refractivity contribution in [3.8, 4) is 0 Å². The molecule has 0 fully saturated rings. The number of anilines is 9. The molecule has 0 aliphatic heterocycles. The monoisotopic (exact) mass is 792 g/mol. The third-order valence-electron chi connectivity index (χ3n) is 12.2. The van der Waals surface area contributed by atoms with Gasteiger partial charge in [0.25, 0.3) is 0 Å². The number of aromatic nitrogens is 1. The van der Waals surface area contributed by atoms with E-state index in [-0.39, 0.29) is 0 Å². The summed E-state index contributed by atoms with van der Waals surface area (Å²) < 4.78 is 2.52. The Morgan fingerprint density at radius 1 is 0.242 bits per heavy atom. The van der Waals surface area contributed by atoms with Crippen molar-refractivity contribution in [2.24, 2.45) is 0 Å². The summed E-state index contributed by atoms with van der Waals surface area (Å²) in [4.78, 5) is 7.14. The summed E-state index contributed by atoms with van der Waals surface area (Å²) in [6.45, 7) is 0. The van der Waals surface area contributed by atoms with Gasteiger partial charge in [0.1, 0.15) is 0 Å². The predicted molar refractivity (Wildman–Crippen MR) is 263 cm³/mol. The van der Waals surface area contributed by atoms with E-state index in [1.165, 1.54) is 48.9 Å². The lowest BCUT2D eigenvalue weighted by atomic mass is 9.96. The van der Waals surface area contributed by atoms with Crippen LogP contribution >= 0.6 is 0 Å². The molecule has 12 rings (SSSR count). The molecular weight excluding hydrogens is 753 g/mol. The highest BCUT2D eigenvalue weighted by molar-refractivity contribution is 6.29. The van der Waals surface area contributed by atoms with Crippen molar-refractivity contribution in [2.45, 2.75) is 0 Å². The van der Waals surface area contributed by atoms with Crippen LogP contribution in [0.1, 0.15) is 0 Å². The summed E-state index contributed by atoms with van der Waals surface area (Å²) in [5, 5.41) is 7.25. The van der Waals surface area contributed by atoms with Gasteiger partial charge in [0, 0.05) is 72.4 Å². The lowest BCUT2D eigenvalue weighted by Crippen LogP contribution is -2.11. The molecule has 0 unspecified atom stereocenters. The zero-order valence-corrected chi connectivity index (χ0v) is 33.9. The number of para-hydroxylation sites is 6. The number of hydrogen-bond donors (Lipinski definition) is 0. The highest BCUT2D eigenvalue weighted by atomic mass is 15.2. The van der Waals surface area contributed by atoms with E-state index >= 15 is 0 Å². The van der Waals surface area contributed by atoms with E-state index in [0.29, 0.717) is 0 Å². The molecule has 292 valence electrons. The lowest BCUT2D eigenvalue weighted by molar-refractivity contribution is 1.28. The normalized spacial score (nSPS) is 11.5. The van der Waals surface area contributed by atoms with Gasteiger partial charge < -0.3 is 19.1 Å². The van der Waals surface area contributed by atoms with Gasteiger partial charge in [-0.15, -0.1) is 0 Å². The summed E-state index contributed by atoms with van der Waals surface area (Å²) in [5.41, 5.74) is 13.5. The maximum absolute atomic E-state index is 2.52. The molecule has 0 spiro atoms. The third-order valence-corrected chi connectivity index (χ3v) is 12.2. The molecular formula is C58H40N4. The molecule has 0 bridgehead atoms. The van der Waals surface area contributed by atoms with E-state index in [9.17, 15) is 0 Å². The third kappa shape index (κ3) is 5.76. The maximum Gasteiger partial charge on any atom is 0.0621 e. The minimum atomic E-state index is 1.10. The van der Waals surface area contributed by atoms with Crippen LogP contribution in [0.2, 0.25) is 0 Å². The Bertz CT molecular complexity index is 3380. The molecule has 0 saturated carbocycles. The molecule has 0 aliphatic carbocycles. The van der Waals surface area contributed by atoms with Gasteiger partial charge in [0.2, 0.25) is 0 Å². The quantitative estimate of drug-likeness (QED) is 0.107. The van der Waals surface area contributed by atoms with Crippen LogP contribution in [-0.4, -0.2) is 4.40 Å². The predicted octanol–water partition coefficient (Wildman–Crippen LogP) is 16.4. The average molecular weight is 793 g/mol. The molecule has 0 saturated heterocycles. The molecule has 0 aliphatic rings. The molecule has 62 heavy (non-hydrogen) atoms. The van der Waals surface area contributed by atoms with Crippen LogP contribution in [0.25, 0.3) is 48.9 Å². The first-order chi connectivity index (χ1) is 30.8. The van der Waals surface area contributed by atoms with Gasteiger partial charge in [-0.2, -0.15) is 0 Å². The highest BCUT2D eigenvalue weighted by Crippen LogP contribution is 2.49. The van der Waals surface area contributed by atoms with Crippen molar-refractivity contribution < 1.29 is 0 Å². The Labute approximate surface area is 360 Å². The fourth-order valence-electron chi connectivity index (χ4n) is 9.61. The summed E-state index contributed by atoms with van der Waals surface area (Å²) in [6, 6.07) is 87.6. The number of fused-ring (bicyclic) bond motifs is 5. The number of pyridine rings is 1. The van der Waals surface area contributed by atoms with Crippen LogP contribution < -0.4 is 14.7 Å². The Kier molecular flexibility index (Phi) is 8.46. The topological polar surface area (TPSA) is 14.1 Å². The molecule has 0 amide bonds. The van der Waals surface area contributed by atoms with E-state index in [1.54, 1.807) is 0 Å². The molecule has 10 aromatic carbocycles. The van der Waals surface area contributed by atoms with Crippen LogP contribution in [0.3, 0.4) is 0 Å². The van der Waals surface area contributed by atoms with Crippen molar-refractivity contribution in [1.29, 1.82) is 0 Å². The first-order valence-electron chi connectivity index (χ1n) is 21.2. The van der Waals surface area contributed by atoms with Gasteiger partial charge in [-0.3, -0.25) is 0 Å². The van der Waals surface area contributed by atoms with E-state index < -0.39 is 0 Å². The van der Waals surface area contributed by atoms with E-state index in [4.69, 9.17) is 0 Å². The van der Waals surface area contributed by atoms with Crippen LogP contribution in [0.15, 0.2) is 243 Å². The SMILES string of the molecule is c1ccc(N(c2ccccc2)c2ccc3c(c2)c2cc(N(c4ccccc4)c4ccccc4)cc4c5ccc(N(c6ccccc6)c6ccccc6)c6cccc(c65)n3c42)cc1. The van der Waals surface area contributed by atoms with Gasteiger partial charge >= 0.3 is 0 Å². The number of hydrogen-bond acceptors (Lipinski definition) is 3. The Balaban J connectivity index is 1.20. The van der Waals surface area contributed by atoms with Crippen molar-refractivity contribution >= 4 is 100 Å². The Hall–Kier alpha value is -8.34. The minimum absolute atomic E-state index is 1.10. The molecule has 0 radical (unpaired) electrons. The fraction of sp³-hybridized carbons (Fsp3) is 0. The first-order valence-corrected chi connectivity index (χ1v) is 21.2. The zero-order chi connectivity index (χ0) is 41.0. The molecule has 4 heteroatoms. The molecule has 12 aromatic rings. The average Bonchev–Trinajstić information content (AvgIpc) is 3.67. The van der Waals surface area contributed by atoms with Crippen molar-refractivity contribution in [2.75, 3.05) is 14.7 Å². The molecule has 4 nitrogen and oxygen atoms in total. The van der Waals surface area contributed by atoms with Gasteiger partial charge in [0.15, 0.2) is 0 Å². The Morgan fingerprint density at radius 2 is 0.661 bits per heavy atom. The van der Waals surface area contributed by atoms with E-state index in [1.807, 2.05) is 0 Å². The van der Waals surface area contributed by atoms with E-state index in [2.05, 4.69) is 262 Å². The second-order valence-electron chi connectivity index (χ2n) is 15.8. The second kappa shape index (κ2) is 14.7. The smallest absolute Gasteiger partial charge is 0.0621 e. The van der Waals surface area contributed by atoms with Gasteiger partial charge in [-0.05, 0) is 121 Å². The van der Waals surface area contributed by atoms with Crippen LogP contribution in [0, 0.1) is 0 Å². The largest absolute Gasteiger partial charge is 0.310 e. The highest BCUT2D eigenvalue weighted by Gasteiger charge is 2.25. The number of nitrogens with zero attached hydrogens (tertiary/aromatic N) is 4. The lowest BCUT2D eigenvalue weighted by Gasteiger charge is -2.28. The van der Waals surface area contributed by atoms with Crippen molar-refractivity contribution in [3.63, 3.8) is 0 Å². The summed E-state index contributed by atoms with van der Waals surface area (Å²) in [5.74, 6) is 0. The van der Waals surface area contributed by atoms with Gasteiger partial charge in [-0.1, -0.05) is 127 Å². The van der Waals surface area contributed by atoms with Crippen LogP contribution in [0.5, 0.6) is 0 Å². The summed E-state index contributed by atoms with van der Waals surface area (Å²) in [7, 11) is 0. The molecule has 0 N–H and O–H groups in total. The second-order valence-corrected chi connectivity index (χ2v) is 15.8. The minimum Gasteiger partial charge on any atom is -0.310 e. The number of benzene rings is 10. The van der Waals surface area contributed by atoms with Gasteiger partial charge in [0.05, 0.1) is 22.2 Å². The van der Waals surface area contributed by atoms with Crippen LogP contribution in [-0.2, 0) is 0 Å². The van der Waals surface area contributed by atoms with Crippen molar-refractivity contribution in [3.05, 3.63) is 243 Å². The van der Waals surface area contributed by atoms with Crippen LogP contribution in [0.4, 0.5) is 51.2 Å². The number of rotatable bonds is 9.